The van der Waals surface area contributed by atoms with Gasteiger partial charge in [0.05, 0.1) is 5.75 Å². The lowest BCUT2D eigenvalue weighted by Crippen LogP contribution is -2.71. The molecule has 5 N–H and O–H groups in total. The quantitative estimate of drug-likeness (QED) is 0.236. The Kier molecular flexibility index (Phi) is 7.78. The first-order valence-electron chi connectivity index (χ1n) is 9.07. The lowest BCUT2D eigenvalue weighted by atomic mass is 9.99. The van der Waals surface area contributed by atoms with E-state index in [-0.39, 0.29) is 29.4 Å². The first-order chi connectivity index (χ1) is 15.5. The monoisotopic (exact) mass is 527 g/mol. The number of β-lactam (4-membered cyclic amide) rings is 1. The fourth-order valence-electron chi connectivity index (χ4n) is 3.16. The Hall–Kier alpha value is -2.47. The van der Waals surface area contributed by atoms with Crippen LogP contribution >= 0.6 is 35.3 Å². The summed E-state index contributed by atoms with van der Waals surface area (Å²) in [5, 5.41) is 24.1. The van der Waals surface area contributed by atoms with Crippen LogP contribution in [0, 0.1) is 0 Å². The first-order valence-corrected chi connectivity index (χ1v) is 12.0. The zero-order valence-corrected chi connectivity index (χ0v) is 18.8. The largest absolute Gasteiger partial charge is 0.477 e. The van der Waals surface area contributed by atoms with Gasteiger partial charge in [-0.3, -0.25) is 19.3 Å². The number of alkyl halides is 3. The molecule has 0 aromatic carbocycles. The van der Waals surface area contributed by atoms with Crippen LogP contribution in [0.3, 0.4) is 0 Å². The van der Waals surface area contributed by atoms with Gasteiger partial charge in [-0.15, -0.1) is 22.0 Å². The van der Waals surface area contributed by atoms with Crippen LogP contribution in [0.5, 0.6) is 0 Å². The van der Waals surface area contributed by atoms with E-state index in [9.17, 15) is 37.5 Å². The number of nitrogens with two attached hydrogens (primary N) is 1. The number of carboxylic acids is 1. The Balaban J connectivity index is 1.79. The second-order valence-corrected chi connectivity index (χ2v) is 9.99. The van der Waals surface area contributed by atoms with Gasteiger partial charge in [-0.1, -0.05) is 11.8 Å². The van der Waals surface area contributed by atoms with Gasteiger partial charge < -0.3 is 16.2 Å². The Morgan fingerprint density at radius 2 is 2.12 bits per heavy atom. The van der Waals surface area contributed by atoms with Crippen LogP contribution in [-0.4, -0.2) is 88.0 Å². The van der Waals surface area contributed by atoms with Crippen molar-refractivity contribution in [3.05, 3.63) is 11.3 Å². The van der Waals surface area contributed by atoms with Gasteiger partial charge in [0.15, 0.2) is 0 Å². The summed E-state index contributed by atoms with van der Waals surface area (Å²) in [5.41, 5.74) is 0.633. The number of carbonyl (C=O) groups is 4. The smallest absolute Gasteiger partial charge is 0.442 e. The Morgan fingerprint density at radius 3 is 2.70 bits per heavy atom. The second kappa shape index (κ2) is 10.2. The lowest BCUT2D eigenvalue weighted by molar-refractivity contribution is -0.150. The van der Waals surface area contributed by atoms with Crippen LogP contribution in [-0.2, 0) is 19.2 Å². The molecule has 2 unspecified atom stereocenters. The van der Waals surface area contributed by atoms with Crippen molar-refractivity contribution in [3.63, 3.8) is 0 Å². The van der Waals surface area contributed by atoms with Crippen molar-refractivity contribution in [2.75, 3.05) is 11.5 Å². The minimum absolute atomic E-state index is 0.0660. The molecule has 1 aromatic rings. The second-order valence-electron chi connectivity index (χ2n) is 6.67. The van der Waals surface area contributed by atoms with Crippen molar-refractivity contribution in [1.82, 2.24) is 30.8 Å². The molecule has 33 heavy (non-hydrogen) atoms. The van der Waals surface area contributed by atoms with Gasteiger partial charge in [-0.25, -0.2) is 4.79 Å². The molecule has 0 saturated carbocycles. The number of aromatic nitrogens is 4. The Bertz CT molecular complexity index is 975. The van der Waals surface area contributed by atoms with Crippen LogP contribution < -0.4 is 11.1 Å². The molecule has 1 aromatic heterocycles. The maximum atomic E-state index is 12.6. The fraction of sp³-hybridized carbons (Fsp3) is 0.533. The van der Waals surface area contributed by atoms with Gasteiger partial charge >= 0.3 is 11.5 Å². The molecule has 18 heteroatoms. The van der Waals surface area contributed by atoms with E-state index in [1.54, 1.807) is 0 Å². The number of thioether (sulfide) groups is 3. The molecular weight excluding hydrogens is 511 g/mol. The number of hydrogen-bond donors (Lipinski definition) is 4. The van der Waals surface area contributed by atoms with E-state index in [4.69, 9.17) is 5.73 Å². The number of aromatic amines is 1. The number of carbonyl (C=O) groups excluding carboxylic acids is 3. The van der Waals surface area contributed by atoms with E-state index in [1.165, 1.54) is 0 Å². The zero-order valence-electron chi connectivity index (χ0n) is 16.4. The summed E-state index contributed by atoms with van der Waals surface area (Å²) < 4.78 is 36.9. The number of primary amides is 1. The number of hydrogen-bond acceptors (Lipinski definition) is 10. The number of carboxylic acid groups (broad SMARTS) is 1. The molecule has 3 heterocycles. The third-order valence-electron chi connectivity index (χ3n) is 4.50. The molecule has 1 fully saturated rings. The predicted octanol–water partition coefficient (Wildman–Crippen LogP) is -0.0825. The molecule has 3 amide bonds. The highest BCUT2D eigenvalue weighted by Crippen LogP contribution is 2.44. The molecule has 0 aliphatic carbocycles. The Labute approximate surface area is 196 Å². The molecule has 0 bridgehead atoms. The number of amides is 3. The molecular formula is C15H16F3N7O5S3. The SMILES string of the molecule is NC(=O)CCC(Sc1nn[nH]n1)C1=C(C(=O)O)N2C(=O)C(NC(=O)CSC(F)(F)F)[C@H]2SC1. The average molecular weight is 528 g/mol. The van der Waals surface area contributed by atoms with Crippen molar-refractivity contribution in [1.29, 1.82) is 0 Å². The van der Waals surface area contributed by atoms with Crippen LogP contribution in [0.1, 0.15) is 12.8 Å². The van der Waals surface area contributed by atoms with Crippen LogP contribution in [0.4, 0.5) is 13.2 Å². The van der Waals surface area contributed by atoms with E-state index < -0.39 is 63.4 Å². The molecule has 0 spiro atoms. The molecule has 2 aliphatic rings. The molecule has 180 valence electrons. The van der Waals surface area contributed by atoms with Gasteiger partial charge in [0.25, 0.3) is 5.91 Å². The van der Waals surface area contributed by atoms with Crippen molar-refractivity contribution < 1.29 is 37.5 Å². The Morgan fingerprint density at radius 1 is 1.39 bits per heavy atom. The summed E-state index contributed by atoms with van der Waals surface area (Å²) in [5.74, 6) is -4.56. The van der Waals surface area contributed by atoms with Gasteiger partial charge in [-0.2, -0.15) is 18.4 Å². The molecule has 3 atom stereocenters. The predicted molar refractivity (Wildman–Crippen MR) is 110 cm³/mol. The molecule has 12 nitrogen and oxygen atoms in total. The molecule has 0 radical (unpaired) electrons. The molecule has 3 rings (SSSR count). The van der Waals surface area contributed by atoms with E-state index in [2.05, 4.69) is 25.9 Å². The van der Waals surface area contributed by atoms with Gasteiger partial charge in [-0.05, 0) is 29.0 Å². The molecule has 2 aliphatic heterocycles. The van der Waals surface area contributed by atoms with Crippen LogP contribution in [0.15, 0.2) is 16.4 Å². The summed E-state index contributed by atoms with van der Waals surface area (Å²) >= 11 is 1.64. The zero-order chi connectivity index (χ0) is 24.3. The number of nitrogens with zero attached hydrogens (tertiary/aromatic N) is 4. The minimum Gasteiger partial charge on any atom is -0.477 e. The number of halogens is 3. The lowest BCUT2D eigenvalue weighted by Gasteiger charge is -2.50. The number of rotatable bonds is 10. The highest BCUT2D eigenvalue weighted by Gasteiger charge is 2.55. The van der Waals surface area contributed by atoms with E-state index in [1.807, 2.05) is 0 Å². The maximum absolute atomic E-state index is 12.6. The maximum Gasteiger partial charge on any atom is 0.442 e. The highest BCUT2D eigenvalue weighted by atomic mass is 32.2. The van der Waals surface area contributed by atoms with Gasteiger partial charge in [0.2, 0.25) is 17.0 Å². The van der Waals surface area contributed by atoms with E-state index in [0.29, 0.717) is 5.57 Å². The highest BCUT2D eigenvalue weighted by molar-refractivity contribution is 8.01. The summed E-state index contributed by atoms with van der Waals surface area (Å²) in [6.07, 6.45) is 0.0756. The number of fused-ring (bicyclic) bond motifs is 1. The third kappa shape index (κ3) is 6.11. The number of tetrazole rings is 1. The van der Waals surface area contributed by atoms with E-state index in [0.717, 1.165) is 28.4 Å². The number of H-pyrrole nitrogens is 1. The summed E-state index contributed by atoms with van der Waals surface area (Å²) in [4.78, 5) is 48.8. The minimum atomic E-state index is -4.60. The van der Waals surface area contributed by atoms with Crippen molar-refractivity contribution in [2.45, 2.75) is 40.2 Å². The topological polar surface area (TPSA) is 184 Å². The van der Waals surface area contributed by atoms with Crippen LogP contribution in [0.25, 0.3) is 0 Å². The summed E-state index contributed by atoms with van der Waals surface area (Å²) in [6.45, 7) is 0. The number of nitrogens with one attached hydrogen (secondary N) is 2. The normalized spacial score (nSPS) is 21.3. The standard InChI is InChI=1S/C15H16F3N7O5S3/c16-15(17,18)32-4-8(27)20-9-11(28)25-10(13(29)30)5(3-31-12(9)25)6(1-2-7(19)26)33-14-21-23-24-22-14/h6,9,12H,1-4H2,(H2,19,26)(H,20,27)(H,29,30)(H,21,22,23,24)/t6?,9?,12-/m1/s1. The molecule has 1 saturated heterocycles. The third-order valence-corrected chi connectivity index (χ3v) is 7.72. The average Bonchev–Trinajstić information content (AvgIpc) is 3.24. The van der Waals surface area contributed by atoms with Crippen molar-refractivity contribution >= 4 is 59.0 Å². The van der Waals surface area contributed by atoms with Crippen molar-refractivity contribution in [3.8, 4) is 0 Å². The summed E-state index contributed by atoms with van der Waals surface area (Å²) in [7, 11) is 0. The van der Waals surface area contributed by atoms with Gasteiger partial charge in [0.1, 0.15) is 17.1 Å². The van der Waals surface area contributed by atoms with E-state index >= 15 is 0 Å². The van der Waals surface area contributed by atoms with Crippen molar-refractivity contribution in [2.24, 2.45) is 5.73 Å². The fourth-order valence-corrected chi connectivity index (χ4v) is 6.08. The van der Waals surface area contributed by atoms with Crippen LogP contribution in [0.2, 0.25) is 0 Å². The van der Waals surface area contributed by atoms with Gasteiger partial charge in [0, 0.05) is 17.4 Å². The summed E-state index contributed by atoms with van der Waals surface area (Å²) in [6, 6.07) is -1.15. The number of aliphatic carboxylic acids is 1. The first kappa shape index (κ1) is 25.2.